The SMILES string of the molecule is CCOC(=O)[C@@H](N)CC1CC1(F)F. The molecule has 0 aromatic rings. The van der Waals surface area contributed by atoms with Crippen molar-refractivity contribution in [2.75, 3.05) is 6.61 Å². The largest absolute Gasteiger partial charge is 0.465 e. The first-order valence-corrected chi connectivity index (χ1v) is 4.27. The van der Waals surface area contributed by atoms with E-state index in [-0.39, 0.29) is 19.4 Å². The van der Waals surface area contributed by atoms with Gasteiger partial charge >= 0.3 is 5.97 Å². The number of carbonyl (C=O) groups excluding carboxylic acids is 1. The van der Waals surface area contributed by atoms with Crippen LogP contribution in [-0.4, -0.2) is 24.5 Å². The third kappa shape index (κ3) is 2.62. The van der Waals surface area contributed by atoms with Crippen molar-refractivity contribution in [3.05, 3.63) is 0 Å². The highest BCUT2D eigenvalue weighted by molar-refractivity contribution is 5.75. The molecule has 2 atom stereocenters. The minimum absolute atomic E-state index is 0.0197. The lowest BCUT2D eigenvalue weighted by Gasteiger charge is -2.09. The highest BCUT2D eigenvalue weighted by Crippen LogP contribution is 2.50. The van der Waals surface area contributed by atoms with E-state index >= 15 is 0 Å². The zero-order valence-corrected chi connectivity index (χ0v) is 7.43. The number of nitrogens with two attached hydrogens (primary N) is 1. The Balaban J connectivity index is 2.26. The fourth-order valence-electron chi connectivity index (χ4n) is 1.18. The average Bonchev–Trinajstić information content (AvgIpc) is 2.59. The molecule has 0 aliphatic heterocycles. The van der Waals surface area contributed by atoms with E-state index < -0.39 is 23.9 Å². The number of esters is 1. The van der Waals surface area contributed by atoms with Crippen LogP contribution in [-0.2, 0) is 9.53 Å². The average molecular weight is 193 g/mol. The van der Waals surface area contributed by atoms with Crippen LogP contribution in [0.4, 0.5) is 8.78 Å². The van der Waals surface area contributed by atoms with E-state index in [0.29, 0.717) is 0 Å². The second-order valence-electron chi connectivity index (χ2n) is 3.26. The molecule has 2 N–H and O–H groups in total. The molecule has 0 bridgehead atoms. The summed E-state index contributed by atoms with van der Waals surface area (Å²) in [4.78, 5) is 10.9. The zero-order valence-electron chi connectivity index (χ0n) is 7.43. The van der Waals surface area contributed by atoms with Gasteiger partial charge in [0.05, 0.1) is 6.61 Å². The molecule has 5 heteroatoms. The molecule has 1 fully saturated rings. The van der Waals surface area contributed by atoms with E-state index in [1.54, 1.807) is 6.92 Å². The number of carbonyl (C=O) groups is 1. The molecule has 13 heavy (non-hydrogen) atoms. The third-order valence-corrected chi connectivity index (χ3v) is 2.08. The Morgan fingerprint density at radius 3 is 2.69 bits per heavy atom. The molecule has 1 aliphatic rings. The van der Waals surface area contributed by atoms with Crippen LogP contribution in [0.25, 0.3) is 0 Å². The van der Waals surface area contributed by atoms with E-state index in [4.69, 9.17) is 5.73 Å². The van der Waals surface area contributed by atoms with Crippen LogP contribution >= 0.6 is 0 Å². The molecule has 0 saturated heterocycles. The summed E-state index contributed by atoms with van der Waals surface area (Å²) in [6.45, 7) is 1.88. The van der Waals surface area contributed by atoms with Crippen LogP contribution in [0.3, 0.4) is 0 Å². The van der Waals surface area contributed by atoms with Crippen LogP contribution < -0.4 is 5.73 Å². The van der Waals surface area contributed by atoms with Gasteiger partial charge < -0.3 is 10.5 Å². The van der Waals surface area contributed by atoms with Crippen LogP contribution in [0.15, 0.2) is 0 Å². The van der Waals surface area contributed by atoms with Gasteiger partial charge in [0.2, 0.25) is 0 Å². The first kappa shape index (κ1) is 10.4. The molecule has 0 heterocycles. The Morgan fingerprint density at radius 1 is 1.77 bits per heavy atom. The summed E-state index contributed by atoms with van der Waals surface area (Å²) in [5.74, 6) is -3.93. The Labute approximate surface area is 75.2 Å². The maximum Gasteiger partial charge on any atom is 0.322 e. The van der Waals surface area contributed by atoms with Crippen LogP contribution in [0.5, 0.6) is 0 Å². The molecule has 0 aromatic heterocycles. The predicted molar refractivity (Wildman–Crippen MR) is 42.3 cm³/mol. The van der Waals surface area contributed by atoms with Gasteiger partial charge in [-0.25, -0.2) is 8.78 Å². The number of alkyl halides is 2. The number of hydrogen-bond donors (Lipinski definition) is 1. The van der Waals surface area contributed by atoms with Crippen molar-refractivity contribution in [2.45, 2.75) is 31.7 Å². The molecule has 3 nitrogen and oxygen atoms in total. The van der Waals surface area contributed by atoms with Crippen molar-refractivity contribution in [2.24, 2.45) is 11.7 Å². The van der Waals surface area contributed by atoms with Gasteiger partial charge in [-0.3, -0.25) is 4.79 Å². The van der Waals surface area contributed by atoms with Crippen LogP contribution in [0, 0.1) is 5.92 Å². The van der Waals surface area contributed by atoms with Gasteiger partial charge in [-0.15, -0.1) is 0 Å². The molecule has 0 aromatic carbocycles. The van der Waals surface area contributed by atoms with Gasteiger partial charge in [0.25, 0.3) is 5.92 Å². The fourth-order valence-corrected chi connectivity index (χ4v) is 1.18. The summed E-state index contributed by atoms with van der Waals surface area (Å²) < 4.78 is 29.4. The molecule has 1 aliphatic carbocycles. The maximum atomic E-state index is 12.4. The number of ether oxygens (including phenoxy) is 1. The molecular formula is C8H13F2NO2. The topological polar surface area (TPSA) is 52.3 Å². The first-order valence-electron chi connectivity index (χ1n) is 4.27. The van der Waals surface area contributed by atoms with Crippen LogP contribution in [0.1, 0.15) is 19.8 Å². The smallest absolute Gasteiger partial charge is 0.322 e. The standard InChI is InChI=1S/C8H13F2NO2/c1-2-13-7(12)6(11)3-5-4-8(5,9)10/h5-6H,2-4,11H2,1H3/t5?,6-/m0/s1. The van der Waals surface area contributed by atoms with Crippen molar-refractivity contribution in [1.82, 2.24) is 0 Å². The van der Waals surface area contributed by atoms with Crippen molar-refractivity contribution in [3.63, 3.8) is 0 Å². The first-order chi connectivity index (χ1) is 5.97. The summed E-state index contributed by atoms with van der Waals surface area (Å²) in [7, 11) is 0. The summed E-state index contributed by atoms with van der Waals surface area (Å²) in [5.41, 5.74) is 5.36. The van der Waals surface area contributed by atoms with E-state index in [1.807, 2.05) is 0 Å². The van der Waals surface area contributed by atoms with Crippen molar-refractivity contribution >= 4 is 5.97 Å². The minimum Gasteiger partial charge on any atom is -0.465 e. The van der Waals surface area contributed by atoms with Gasteiger partial charge in [-0.05, 0) is 13.3 Å². The quantitative estimate of drug-likeness (QED) is 0.675. The lowest BCUT2D eigenvalue weighted by atomic mass is 10.1. The normalized spacial score (nSPS) is 26.6. The monoisotopic (exact) mass is 193 g/mol. The lowest BCUT2D eigenvalue weighted by Crippen LogP contribution is -2.33. The van der Waals surface area contributed by atoms with E-state index in [9.17, 15) is 13.6 Å². The van der Waals surface area contributed by atoms with Crippen molar-refractivity contribution in [1.29, 1.82) is 0 Å². The van der Waals surface area contributed by atoms with Gasteiger partial charge in [-0.1, -0.05) is 0 Å². The Hall–Kier alpha value is -0.710. The third-order valence-electron chi connectivity index (χ3n) is 2.08. The Kier molecular flexibility index (Phi) is 2.85. The zero-order chi connectivity index (χ0) is 10.1. The summed E-state index contributed by atoms with van der Waals surface area (Å²) in [6, 6.07) is -0.904. The number of hydrogen-bond acceptors (Lipinski definition) is 3. The molecule has 1 unspecified atom stereocenters. The van der Waals surface area contributed by atoms with Gasteiger partial charge in [0, 0.05) is 12.3 Å². The lowest BCUT2D eigenvalue weighted by molar-refractivity contribution is -0.145. The maximum absolute atomic E-state index is 12.4. The van der Waals surface area contributed by atoms with E-state index in [1.165, 1.54) is 0 Å². The molecule has 0 spiro atoms. The van der Waals surface area contributed by atoms with E-state index in [2.05, 4.69) is 4.74 Å². The van der Waals surface area contributed by atoms with E-state index in [0.717, 1.165) is 0 Å². The summed E-state index contributed by atoms with van der Waals surface area (Å²) in [5, 5.41) is 0. The molecule has 0 amide bonds. The Bertz CT molecular complexity index is 208. The van der Waals surface area contributed by atoms with Gasteiger partial charge in [-0.2, -0.15) is 0 Å². The molecule has 1 saturated carbocycles. The molecule has 1 rings (SSSR count). The van der Waals surface area contributed by atoms with Crippen LogP contribution in [0.2, 0.25) is 0 Å². The molecule has 0 radical (unpaired) electrons. The minimum atomic E-state index is -2.61. The summed E-state index contributed by atoms with van der Waals surface area (Å²) in [6.07, 6.45) is -0.133. The van der Waals surface area contributed by atoms with Crippen molar-refractivity contribution in [3.8, 4) is 0 Å². The number of rotatable bonds is 4. The predicted octanol–water partition coefficient (Wildman–Crippen LogP) is 0.922. The Morgan fingerprint density at radius 2 is 2.31 bits per heavy atom. The number of halogens is 2. The van der Waals surface area contributed by atoms with Gasteiger partial charge in [0.1, 0.15) is 6.04 Å². The molecular weight excluding hydrogens is 180 g/mol. The fraction of sp³-hybridized carbons (Fsp3) is 0.875. The highest BCUT2D eigenvalue weighted by Gasteiger charge is 2.57. The van der Waals surface area contributed by atoms with Gasteiger partial charge in [0.15, 0.2) is 0 Å². The molecule has 76 valence electrons. The highest BCUT2D eigenvalue weighted by atomic mass is 19.3. The summed E-state index contributed by atoms with van der Waals surface area (Å²) >= 11 is 0. The second-order valence-corrected chi connectivity index (χ2v) is 3.26. The van der Waals surface area contributed by atoms with Crippen molar-refractivity contribution < 1.29 is 18.3 Å². The second kappa shape index (κ2) is 3.57.